The summed E-state index contributed by atoms with van der Waals surface area (Å²) < 4.78 is 20.0. The zero-order valence-electron chi connectivity index (χ0n) is 20.5. The van der Waals surface area contributed by atoms with Crippen LogP contribution in [0.5, 0.6) is 0 Å². The minimum absolute atomic E-state index is 0.322. The number of halogens is 1. The maximum Gasteiger partial charge on any atom is 0.258 e. The predicted octanol–water partition coefficient (Wildman–Crippen LogP) is 6.87. The number of aromatic nitrogens is 2. The van der Waals surface area contributed by atoms with E-state index in [1.807, 2.05) is 42.2 Å². The van der Waals surface area contributed by atoms with Crippen molar-refractivity contribution in [2.45, 2.75) is 39.7 Å². The number of nitrogens with one attached hydrogen (secondary N) is 1. The van der Waals surface area contributed by atoms with Crippen molar-refractivity contribution in [2.24, 2.45) is 0 Å². The van der Waals surface area contributed by atoms with Gasteiger partial charge in [0, 0.05) is 16.9 Å². The molecule has 1 unspecified atom stereocenters. The first-order valence-electron chi connectivity index (χ1n) is 12.1. The molecule has 1 aliphatic rings. The minimum Gasteiger partial charge on any atom is -0.351 e. The van der Waals surface area contributed by atoms with E-state index >= 15 is 0 Å². The van der Waals surface area contributed by atoms with Gasteiger partial charge in [0.2, 0.25) is 5.82 Å². The molecule has 0 aliphatic carbocycles. The molecule has 0 amide bonds. The average molecular weight is 499 g/mol. The SMILES string of the molecule is CCc1ccc(-c2noc(C3=C(C)N(c4ccc(CC)cc4)C(=S)NC3c3cccc(F)c3)n2)cc1. The molecule has 7 heteroatoms. The summed E-state index contributed by atoms with van der Waals surface area (Å²) in [5.41, 5.74) is 6.58. The van der Waals surface area contributed by atoms with Crippen molar-refractivity contribution in [1.82, 2.24) is 15.5 Å². The van der Waals surface area contributed by atoms with Gasteiger partial charge in [-0.1, -0.05) is 67.5 Å². The van der Waals surface area contributed by atoms with Gasteiger partial charge in [-0.3, -0.25) is 4.90 Å². The molecule has 0 spiro atoms. The number of nitrogens with zero attached hydrogens (tertiary/aromatic N) is 3. The van der Waals surface area contributed by atoms with Crippen LogP contribution in [-0.2, 0) is 12.8 Å². The molecule has 3 aromatic carbocycles. The maximum atomic E-state index is 14.2. The van der Waals surface area contributed by atoms with Gasteiger partial charge in [-0.25, -0.2) is 4.39 Å². The molecule has 0 saturated heterocycles. The van der Waals surface area contributed by atoms with Crippen LogP contribution in [0.2, 0.25) is 0 Å². The summed E-state index contributed by atoms with van der Waals surface area (Å²) >= 11 is 5.79. The van der Waals surface area contributed by atoms with Crippen LogP contribution in [0, 0.1) is 5.82 Å². The number of thiocarbonyl (C=S) groups is 1. The molecule has 5 nitrogen and oxygen atoms in total. The van der Waals surface area contributed by atoms with Gasteiger partial charge in [0.15, 0.2) is 5.11 Å². The van der Waals surface area contributed by atoms with Crippen LogP contribution in [0.25, 0.3) is 17.0 Å². The van der Waals surface area contributed by atoms with Crippen molar-refractivity contribution in [1.29, 1.82) is 0 Å². The van der Waals surface area contributed by atoms with Gasteiger partial charge in [-0.2, -0.15) is 4.98 Å². The Bertz CT molecular complexity index is 1430. The second-order valence-corrected chi connectivity index (χ2v) is 9.15. The summed E-state index contributed by atoms with van der Waals surface area (Å²) in [5, 5.41) is 8.17. The first-order chi connectivity index (χ1) is 17.5. The molecule has 1 atom stereocenters. The summed E-state index contributed by atoms with van der Waals surface area (Å²) in [6, 6.07) is 22.4. The second-order valence-electron chi connectivity index (χ2n) is 8.77. The van der Waals surface area contributed by atoms with E-state index in [9.17, 15) is 4.39 Å². The van der Waals surface area contributed by atoms with E-state index in [2.05, 4.69) is 48.6 Å². The highest BCUT2D eigenvalue weighted by Gasteiger charge is 2.35. The van der Waals surface area contributed by atoms with Crippen molar-refractivity contribution >= 4 is 28.6 Å². The lowest BCUT2D eigenvalue weighted by atomic mass is 9.94. The minimum atomic E-state index is -0.449. The van der Waals surface area contributed by atoms with Crippen molar-refractivity contribution < 1.29 is 8.91 Å². The third-order valence-electron chi connectivity index (χ3n) is 6.55. The number of anilines is 1. The van der Waals surface area contributed by atoms with Crippen LogP contribution in [0.1, 0.15) is 49.4 Å². The standard InChI is InChI=1S/C29H27FN4OS/c1-4-19-9-13-21(14-10-19)27-32-28(35-33-27)25-18(3)34(24-15-11-20(5-2)12-16-24)29(36)31-26(25)22-7-6-8-23(30)17-22/h6-17,26H,4-5H2,1-3H3,(H,31,36). The highest BCUT2D eigenvalue weighted by molar-refractivity contribution is 7.80. The zero-order chi connectivity index (χ0) is 25.2. The fourth-order valence-electron chi connectivity index (χ4n) is 4.49. The van der Waals surface area contributed by atoms with E-state index in [0.717, 1.165) is 40.9 Å². The zero-order valence-corrected chi connectivity index (χ0v) is 21.3. The van der Waals surface area contributed by atoms with Gasteiger partial charge in [0.25, 0.3) is 5.89 Å². The smallest absolute Gasteiger partial charge is 0.258 e. The lowest BCUT2D eigenvalue weighted by Crippen LogP contribution is -2.46. The van der Waals surface area contributed by atoms with Crippen LogP contribution < -0.4 is 10.2 Å². The molecule has 2 heterocycles. The topological polar surface area (TPSA) is 54.2 Å². The lowest BCUT2D eigenvalue weighted by molar-refractivity contribution is 0.404. The van der Waals surface area contributed by atoms with Gasteiger partial charge >= 0.3 is 0 Å². The molecule has 4 aromatic rings. The van der Waals surface area contributed by atoms with E-state index in [0.29, 0.717) is 16.8 Å². The molecule has 1 aliphatic heterocycles. The fraction of sp³-hybridized carbons (Fsp3) is 0.207. The summed E-state index contributed by atoms with van der Waals surface area (Å²) in [6.45, 7) is 6.21. The molecule has 0 bridgehead atoms. The fourth-order valence-corrected chi connectivity index (χ4v) is 4.85. The van der Waals surface area contributed by atoms with Gasteiger partial charge < -0.3 is 9.84 Å². The van der Waals surface area contributed by atoms with Crippen molar-refractivity contribution in [3.8, 4) is 11.4 Å². The van der Waals surface area contributed by atoms with E-state index < -0.39 is 6.04 Å². The third kappa shape index (κ3) is 4.54. The van der Waals surface area contributed by atoms with Gasteiger partial charge in [-0.05, 0) is 72.9 Å². The van der Waals surface area contributed by atoms with Crippen LogP contribution >= 0.6 is 12.2 Å². The highest BCUT2D eigenvalue weighted by atomic mass is 32.1. The number of allylic oxidation sites excluding steroid dienone is 1. The molecule has 36 heavy (non-hydrogen) atoms. The number of benzene rings is 3. The molecular formula is C29H27FN4OS. The number of hydrogen-bond acceptors (Lipinski definition) is 4. The molecule has 0 saturated carbocycles. The third-order valence-corrected chi connectivity index (χ3v) is 6.85. The Hall–Kier alpha value is -3.84. The summed E-state index contributed by atoms with van der Waals surface area (Å²) in [6.07, 6.45) is 1.91. The van der Waals surface area contributed by atoms with E-state index in [-0.39, 0.29) is 5.82 Å². The second kappa shape index (κ2) is 10.0. The van der Waals surface area contributed by atoms with Gasteiger partial charge in [0.1, 0.15) is 5.82 Å². The molecule has 1 N–H and O–H groups in total. The van der Waals surface area contributed by atoms with Crippen LogP contribution in [-0.4, -0.2) is 15.3 Å². The largest absolute Gasteiger partial charge is 0.351 e. The summed E-state index contributed by atoms with van der Waals surface area (Å²) in [4.78, 5) is 6.71. The maximum absolute atomic E-state index is 14.2. The molecular weight excluding hydrogens is 471 g/mol. The Morgan fingerprint density at radius 1 is 0.972 bits per heavy atom. The van der Waals surface area contributed by atoms with E-state index in [1.165, 1.54) is 23.3 Å². The predicted molar refractivity (Wildman–Crippen MR) is 145 cm³/mol. The van der Waals surface area contributed by atoms with Crippen molar-refractivity contribution in [3.05, 3.63) is 107 Å². The van der Waals surface area contributed by atoms with Crippen LogP contribution in [0.3, 0.4) is 0 Å². The Labute approximate surface area is 215 Å². The van der Waals surface area contributed by atoms with Gasteiger partial charge in [0.05, 0.1) is 11.6 Å². The van der Waals surface area contributed by atoms with Crippen molar-refractivity contribution in [2.75, 3.05) is 4.90 Å². The van der Waals surface area contributed by atoms with Crippen molar-refractivity contribution in [3.63, 3.8) is 0 Å². The van der Waals surface area contributed by atoms with E-state index in [4.69, 9.17) is 21.7 Å². The normalized spacial score (nSPS) is 15.8. The summed E-state index contributed by atoms with van der Waals surface area (Å²) in [5.74, 6) is 0.538. The first kappa shape index (κ1) is 23.9. The molecule has 1 aromatic heterocycles. The van der Waals surface area contributed by atoms with Crippen LogP contribution in [0.4, 0.5) is 10.1 Å². The highest BCUT2D eigenvalue weighted by Crippen LogP contribution is 2.39. The Morgan fingerprint density at radius 3 is 2.28 bits per heavy atom. The first-order valence-corrected chi connectivity index (χ1v) is 12.5. The van der Waals surface area contributed by atoms with Crippen LogP contribution in [0.15, 0.2) is 83.0 Å². The Kier molecular flexibility index (Phi) is 6.65. The number of hydrogen-bond donors (Lipinski definition) is 1. The molecule has 5 rings (SSSR count). The number of rotatable bonds is 6. The molecule has 0 fully saturated rings. The van der Waals surface area contributed by atoms with E-state index in [1.54, 1.807) is 6.07 Å². The van der Waals surface area contributed by atoms with Gasteiger partial charge in [-0.15, -0.1) is 0 Å². The lowest BCUT2D eigenvalue weighted by Gasteiger charge is -2.37. The Morgan fingerprint density at radius 2 is 1.64 bits per heavy atom. The quantitative estimate of drug-likeness (QED) is 0.293. The summed E-state index contributed by atoms with van der Waals surface area (Å²) in [7, 11) is 0. The Balaban J connectivity index is 1.62. The monoisotopic (exact) mass is 498 g/mol. The number of aryl methyl sites for hydroxylation is 2. The molecule has 182 valence electrons. The average Bonchev–Trinajstić information content (AvgIpc) is 3.38. The molecule has 0 radical (unpaired) electrons.